The van der Waals surface area contributed by atoms with E-state index >= 15 is 0 Å². The minimum absolute atomic E-state index is 0.0213. The van der Waals surface area contributed by atoms with E-state index in [-0.39, 0.29) is 17.4 Å². The molecular weight excluding hydrogens is 240 g/mol. The molecule has 3 N–H and O–H groups in total. The van der Waals surface area contributed by atoms with Crippen molar-refractivity contribution in [2.75, 3.05) is 11.9 Å². The zero-order valence-electron chi connectivity index (χ0n) is 11.7. The summed E-state index contributed by atoms with van der Waals surface area (Å²) in [5, 5.41) is 15.4. The Labute approximate surface area is 114 Å². The van der Waals surface area contributed by atoms with Gasteiger partial charge in [-0.05, 0) is 23.5 Å². The lowest BCUT2D eigenvalue weighted by Crippen LogP contribution is -2.36. The summed E-state index contributed by atoms with van der Waals surface area (Å²) in [6.45, 7) is 6.85. The van der Waals surface area contributed by atoms with Gasteiger partial charge in [-0.1, -0.05) is 39.0 Å². The third-order valence-corrected chi connectivity index (χ3v) is 3.42. The van der Waals surface area contributed by atoms with Crippen LogP contribution in [0.25, 0.3) is 0 Å². The number of β-amino-alcohol motifs (C(OH)–C–C–N with tert-alkyl or cyclic N) is 1. The van der Waals surface area contributed by atoms with Crippen molar-refractivity contribution in [2.45, 2.75) is 44.8 Å². The molecule has 2 unspecified atom stereocenters. The topological polar surface area (TPSA) is 61.4 Å². The van der Waals surface area contributed by atoms with Crippen LogP contribution in [0.2, 0.25) is 0 Å². The molecule has 1 aromatic rings. The highest BCUT2D eigenvalue weighted by molar-refractivity contribution is 5.95. The first-order valence-electron chi connectivity index (χ1n) is 6.70. The molecule has 1 saturated heterocycles. The number of benzene rings is 1. The SMILES string of the molecule is CC(C)(C)c1ccccc1NC(=O)C1CC(O)CN1. The van der Waals surface area contributed by atoms with Gasteiger partial charge in [0.2, 0.25) is 5.91 Å². The normalized spacial score (nSPS) is 23.4. The number of aliphatic hydroxyl groups is 1. The van der Waals surface area contributed by atoms with Crippen LogP contribution in [-0.2, 0) is 10.2 Å². The first kappa shape index (κ1) is 14.0. The summed E-state index contributed by atoms with van der Waals surface area (Å²) in [5.74, 6) is -0.0757. The van der Waals surface area contributed by atoms with Crippen molar-refractivity contribution in [1.29, 1.82) is 0 Å². The minimum Gasteiger partial charge on any atom is -0.392 e. The minimum atomic E-state index is -0.423. The summed E-state index contributed by atoms with van der Waals surface area (Å²) in [6.07, 6.45) is 0.0531. The smallest absolute Gasteiger partial charge is 0.241 e. The molecule has 4 nitrogen and oxygen atoms in total. The van der Waals surface area contributed by atoms with Gasteiger partial charge in [0.15, 0.2) is 0 Å². The largest absolute Gasteiger partial charge is 0.392 e. The van der Waals surface area contributed by atoms with E-state index in [0.717, 1.165) is 11.3 Å². The monoisotopic (exact) mass is 262 g/mol. The molecule has 1 amide bonds. The third kappa shape index (κ3) is 3.33. The first-order chi connectivity index (χ1) is 8.88. The number of anilines is 1. The van der Waals surface area contributed by atoms with E-state index in [1.54, 1.807) is 0 Å². The molecule has 1 aliphatic heterocycles. The maximum Gasteiger partial charge on any atom is 0.241 e. The fourth-order valence-corrected chi connectivity index (χ4v) is 2.38. The highest BCUT2D eigenvalue weighted by atomic mass is 16.3. The Balaban J connectivity index is 2.13. The molecule has 0 saturated carbocycles. The fraction of sp³-hybridized carbons (Fsp3) is 0.533. The maximum absolute atomic E-state index is 12.2. The van der Waals surface area contributed by atoms with Gasteiger partial charge in [0.1, 0.15) is 0 Å². The average Bonchev–Trinajstić information content (AvgIpc) is 2.75. The first-order valence-corrected chi connectivity index (χ1v) is 6.70. The highest BCUT2D eigenvalue weighted by Crippen LogP contribution is 2.29. The molecule has 1 heterocycles. The molecule has 0 radical (unpaired) electrons. The van der Waals surface area contributed by atoms with Gasteiger partial charge in [0.25, 0.3) is 0 Å². The van der Waals surface area contributed by atoms with E-state index in [2.05, 4.69) is 31.4 Å². The van der Waals surface area contributed by atoms with E-state index in [1.165, 1.54) is 0 Å². The molecule has 1 fully saturated rings. The quantitative estimate of drug-likeness (QED) is 0.759. The Morgan fingerprint density at radius 3 is 2.63 bits per heavy atom. The van der Waals surface area contributed by atoms with Crippen LogP contribution in [0.5, 0.6) is 0 Å². The van der Waals surface area contributed by atoms with Gasteiger partial charge < -0.3 is 15.7 Å². The van der Waals surface area contributed by atoms with E-state index < -0.39 is 6.10 Å². The molecule has 104 valence electrons. The zero-order valence-corrected chi connectivity index (χ0v) is 11.7. The lowest BCUT2D eigenvalue weighted by molar-refractivity contribution is -0.117. The van der Waals surface area contributed by atoms with Crippen LogP contribution in [0.15, 0.2) is 24.3 Å². The molecule has 2 atom stereocenters. The van der Waals surface area contributed by atoms with Crippen LogP contribution in [-0.4, -0.2) is 29.7 Å². The second-order valence-electron chi connectivity index (χ2n) is 6.14. The van der Waals surface area contributed by atoms with Gasteiger partial charge >= 0.3 is 0 Å². The van der Waals surface area contributed by atoms with Crippen LogP contribution < -0.4 is 10.6 Å². The molecule has 0 spiro atoms. The van der Waals surface area contributed by atoms with Gasteiger partial charge in [0, 0.05) is 12.2 Å². The van der Waals surface area contributed by atoms with Crippen LogP contribution in [0, 0.1) is 0 Å². The molecule has 0 aliphatic carbocycles. The maximum atomic E-state index is 12.2. The van der Waals surface area contributed by atoms with Gasteiger partial charge in [-0.15, -0.1) is 0 Å². The van der Waals surface area contributed by atoms with Crippen LogP contribution in [0.3, 0.4) is 0 Å². The van der Waals surface area contributed by atoms with Crippen molar-refractivity contribution in [1.82, 2.24) is 5.32 Å². The second-order valence-corrected chi connectivity index (χ2v) is 6.14. The van der Waals surface area contributed by atoms with E-state index in [4.69, 9.17) is 0 Å². The number of nitrogens with one attached hydrogen (secondary N) is 2. The molecule has 0 aromatic heterocycles. The van der Waals surface area contributed by atoms with Gasteiger partial charge in [-0.25, -0.2) is 0 Å². The fourth-order valence-electron chi connectivity index (χ4n) is 2.38. The standard InChI is InChI=1S/C15H22N2O2/c1-15(2,3)11-6-4-5-7-12(11)17-14(19)13-8-10(18)9-16-13/h4-7,10,13,16,18H,8-9H2,1-3H3,(H,17,19). The Hall–Kier alpha value is -1.39. The van der Waals surface area contributed by atoms with Crippen molar-refractivity contribution in [3.8, 4) is 0 Å². The van der Waals surface area contributed by atoms with Crippen LogP contribution >= 0.6 is 0 Å². The summed E-state index contributed by atoms with van der Waals surface area (Å²) in [7, 11) is 0. The van der Waals surface area contributed by atoms with Crippen molar-refractivity contribution in [3.63, 3.8) is 0 Å². The average molecular weight is 262 g/mol. The zero-order chi connectivity index (χ0) is 14.0. The lowest BCUT2D eigenvalue weighted by atomic mass is 9.86. The molecular formula is C15H22N2O2. The predicted octanol–water partition coefficient (Wildman–Crippen LogP) is 1.65. The summed E-state index contributed by atoms with van der Waals surface area (Å²) in [4.78, 5) is 12.2. The van der Waals surface area contributed by atoms with Crippen molar-refractivity contribution >= 4 is 11.6 Å². The molecule has 1 aliphatic rings. The number of para-hydroxylation sites is 1. The third-order valence-electron chi connectivity index (χ3n) is 3.42. The lowest BCUT2D eigenvalue weighted by Gasteiger charge is -2.23. The number of aliphatic hydroxyl groups excluding tert-OH is 1. The van der Waals surface area contributed by atoms with Crippen LogP contribution in [0.4, 0.5) is 5.69 Å². The van der Waals surface area contributed by atoms with Crippen molar-refractivity contribution in [2.24, 2.45) is 0 Å². The van der Waals surface area contributed by atoms with E-state index in [9.17, 15) is 9.90 Å². The summed E-state index contributed by atoms with van der Waals surface area (Å²) >= 11 is 0. The Kier molecular flexibility index (Phi) is 3.92. The number of carbonyl (C=O) groups is 1. The Bertz CT molecular complexity index is 465. The van der Waals surface area contributed by atoms with E-state index in [0.29, 0.717) is 13.0 Å². The van der Waals surface area contributed by atoms with Gasteiger partial charge in [0.05, 0.1) is 12.1 Å². The number of rotatable bonds is 2. The molecule has 19 heavy (non-hydrogen) atoms. The number of carbonyl (C=O) groups excluding carboxylic acids is 1. The summed E-state index contributed by atoms with van der Waals surface area (Å²) < 4.78 is 0. The Morgan fingerprint density at radius 1 is 1.37 bits per heavy atom. The number of hydrogen-bond acceptors (Lipinski definition) is 3. The molecule has 0 bridgehead atoms. The molecule has 1 aromatic carbocycles. The molecule has 2 rings (SSSR count). The van der Waals surface area contributed by atoms with E-state index in [1.807, 2.05) is 24.3 Å². The number of hydrogen-bond donors (Lipinski definition) is 3. The van der Waals surface area contributed by atoms with Crippen LogP contribution in [0.1, 0.15) is 32.8 Å². The highest BCUT2D eigenvalue weighted by Gasteiger charge is 2.29. The summed E-state index contributed by atoms with van der Waals surface area (Å²) in [5.41, 5.74) is 1.94. The summed E-state index contributed by atoms with van der Waals surface area (Å²) in [6, 6.07) is 7.55. The van der Waals surface area contributed by atoms with Crippen molar-refractivity contribution < 1.29 is 9.90 Å². The Morgan fingerprint density at radius 2 is 2.05 bits per heavy atom. The van der Waals surface area contributed by atoms with Gasteiger partial charge in [-0.2, -0.15) is 0 Å². The van der Waals surface area contributed by atoms with Gasteiger partial charge in [-0.3, -0.25) is 4.79 Å². The van der Waals surface area contributed by atoms with Crippen molar-refractivity contribution in [3.05, 3.63) is 29.8 Å². The second kappa shape index (κ2) is 5.31. The number of amides is 1. The predicted molar refractivity (Wildman–Crippen MR) is 76.2 cm³/mol. The molecule has 4 heteroatoms.